The first-order valence-corrected chi connectivity index (χ1v) is 6.70. The van der Waals surface area contributed by atoms with Crippen LogP contribution in [0.4, 0.5) is 5.82 Å². The predicted octanol–water partition coefficient (Wildman–Crippen LogP) is 1.44. The molecule has 100 valence electrons. The number of ether oxygens (including phenoxy) is 1. The lowest BCUT2D eigenvalue weighted by Crippen LogP contribution is -2.47. The maximum atomic E-state index is 6.12. The lowest BCUT2D eigenvalue weighted by molar-refractivity contribution is 0.324. The summed E-state index contributed by atoms with van der Waals surface area (Å²) in [7, 11) is 0. The van der Waals surface area contributed by atoms with Gasteiger partial charge < -0.3 is 15.4 Å². The molecule has 1 aromatic heterocycles. The molecule has 0 aliphatic carbocycles. The molecule has 2 unspecified atom stereocenters. The largest absolute Gasteiger partial charge is 0.478 e. The summed E-state index contributed by atoms with van der Waals surface area (Å²) < 4.78 is 5.41. The molecule has 1 aliphatic heterocycles. The van der Waals surface area contributed by atoms with E-state index in [1.54, 1.807) is 6.33 Å². The summed E-state index contributed by atoms with van der Waals surface area (Å²) in [6, 6.07) is 2.23. The summed E-state index contributed by atoms with van der Waals surface area (Å²) in [6.07, 6.45) is 3.70. The van der Waals surface area contributed by atoms with Gasteiger partial charge in [0.25, 0.3) is 0 Å². The fraction of sp³-hybridized carbons (Fsp3) is 0.692. The van der Waals surface area contributed by atoms with Crippen LogP contribution in [0.15, 0.2) is 12.4 Å². The van der Waals surface area contributed by atoms with Crippen LogP contribution in [0.25, 0.3) is 0 Å². The number of aromatic nitrogens is 2. The average molecular weight is 250 g/mol. The summed E-state index contributed by atoms with van der Waals surface area (Å²) in [5, 5.41) is 0. The number of piperidine rings is 1. The Labute approximate surface area is 108 Å². The van der Waals surface area contributed by atoms with Crippen molar-refractivity contribution in [3.05, 3.63) is 12.4 Å². The predicted molar refractivity (Wildman–Crippen MR) is 71.8 cm³/mol. The molecule has 1 aliphatic rings. The fourth-order valence-corrected chi connectivity index (χ4v) is 2.42. The van der Waals surface area contributed by atoms with Gasteiger partial charge in [-0.1, -0.05) is 13.3 Å². The SMILES string of the molecule is CCOc1cc(N2CCC(N)C(CC)C2)ncn1. The Bertz CT molecular complexity index is 385. The van der Waals surface area contributed by atoms with Gasteiger partial charge in [-0.05, 0) is 19.3 Å². The zero-order valence-electron chi connectivity index (χ0n) is 11.2. The van der Waals surface area contributed by atoms with E-state index >= 15 is 0 Å². The van der Waals surface area contributed by atoms with Crippen LogP contribution < -0.4 is 15.4 Å². The van der Waals surface area contributed by atoms with Gasteiger partial charge in [-0.2, -0.15) is 0 Å². The van der Waals surface area contributed by atoms with Crippen molar-refractivity contribution >= 4 is 5.82 Å². The van der Waals surface area contributed by atoms with Crippen molar-refractivity contribution in [2.24, 2.45) is 11.7 Å². The van der Waals surface area contributed by atoms with E-state index in [4.69, 9.17) is 10.5 Å². The maximum Gasteiger partial charge on any atom is 0.218 e. The first-order valence-electron chi connectivity index (χ1n) is 6.70. The molecule has 2 rings (SSSR count). The van der Waals surface area contributed by atoms with Crippen molar-refractivity contribution in [1.29, 1.82) is 0 Å². The molecular weight excluding hydrogens is 228 g/mol. The van der Waals surface area contributed by atoms with Gasteiger partial charge in [-0.3, -0.25) is 0 Å². The van der Waals surface area contributed by atoms with E-state index in [9.17, 15) is 0 Å². The summed E-state index contributed by atoms with van der Waals surface area (Å²) in [4.78, 5) is 10.7. The number of nitrogens with two attached hydrogens (primary N) is 1. The highest BCUT2D eigenvalue weighted by Gasteiger charge is 2.26. The molecule has 2 heterocycles. The normalized spacial score (nSPS) is 24.1. The Kier molecular flexibility index (Phi) is 4.36. The van der Waals surface area contributed by atoms with Gasteiger partial charge in [-0.25, -0.2) is 9.97 Å². The zero-order chi connectivity index (χ0) is 13.0. The molecular formula is C13H22N4O. The number of rotatable bonds is 4. The lowest BCUT2D eigenvalue weighted by Gasteiger charge is -2.37. The first-order chi connectivity index (χ1) is 8.74. The van der Waals surface area contributed by atoms with Gasteiger partial charge >= 0.3 is 0 Å². The zero-order valence-corrected chi connectivity index (χ0v) is 11.2. The van der Waals surface area contributed by atoms with E-state index in [1.807, 2.05) is 13.0 Å². The minimum Gasteiger partial charge on any atom is -0.478 e. The molecule has 1 aromatic rings. The van der Waals surface area contributed by atoms with Crippen LogP contribution in [0, 0.1) is 5.92 Å². The van der Waals surface area contributed by atoms with Crippen LogP contribution in [-0.4, -0.2) is 35.7 Å². The minimum absolute atomic E-state index is 0.319. The number of nitrogens with zero attached hydrogens (tertiary/aromatic N) is 3. The highest BCUT2D eigenvalue weighted by molar-refractivity contribution is 5.41. The third-order valence-electron chi connectivity index (χ3n) is 3.56. The van der Waals surface area contributed by atoms with E-state index in [2.05, 4.69) is 21.8 Å². The summed E-state index contributed by atoms with van der Waals surface area (Å²) in [6.45, 7) is 6.70. The van der Waals surface area contributed by atoms with Gasteiger partial charge in [0.15, 0.2) is 0 Å². The molecule has 0 bridgehead atoms. The monoisotopic (exact) mass is 250 g/mol. The van der Waals surface area contributed by atoms with Crippen molar-refractivity contribution in [2.75, 3.05) is 24.6 Å². The van der Waals surface area contributed by atoms with Crippen LogP contribution in [0.3, 0.4) is 0 Å². The number of hydrogen-bond donors (Lipinski definition) is 1. The maximum absolute atomic E-state index is 6.12. The molecule has 0 radical (unpaired) electrons. The molecule has 0 saturated carbocycles. The van der Waals surface area contributed by atoms with Crippen molar-refractivity contribution in [2.45, 2.75) is 32.7 Å². The molecule has 1 saturated heterocycles. The van der Waals surface area contributed by atoms with Gasteiger partial charge in [0.2, 0.25) is 5.88 Å². The molecule has 0 aromatic carbocycles. The average Bonchev–Trinajstić information content (AvgIpc) is 2.40. The molecule has 5 nitrogen and oxygen atoms in total. The summed E-state index contributed by atoms with van der Waals surface area (Å²) in [5.74, 6) is 2.13. The summed E-state index contributed by atoms with van der Waals surface area (Å²) in [5.41, 5.74) is 6.12. The Hall–Kier alpha value is -1.36. The smallest absolute Gasteiger partial charge is 0.218 e. The number of hydrogen-bond acceptors (Lipinski definition) is 5. The van der Waals surface area contributed by atoms with Crippen molar-refractivity contribution in [1.82, 2.24) is 9.97 Å². The van der Waals surface area contributed by atoms with Crippen molar-refractivity contribution in [3.8, 4) is 5.88 Å². The van der Waals surface area contributed by atoms with Crippen molar-refractivity contribution in [3.63, 3.8) is 0 Å². The van der Waals surface area contributed by atoms with Crippen LogP contribution in [0.5, 0.6) is 5.88 Å². The molecule has 2 N–H and O–H groups in total. The Balaban J connectivity index is 2.09. The Morgan fingerprint density at radius 1 is 1.44 bits per heavy atom. The van der Waals surface area contributed by atoms with Crippen molar-refractivity contribution < 1.29 is 4.74 Å². The third kappa shape index (κ3) is 2.90. The quantitative estimate of drug-likeness (QED) is 0.876. The first kappa shape index (κ1) is 13.1. The van der Waals surface area contributed by atoms with Gasteiger partial charge in [0.1, 0.15) is 12.1 Å². The van der Waals surface area contributed by atoms with E-state index in [1.165, 1.54) is 0 Å². The van der Waals surface area contributed by atoms with E-state index in [0.29, 0.717) is 24.4 Å². The Morgan fingerprint density at radius 2 is 2.28 bits per heavy atom. The van der Waals surface area contributed by atoms with Gasteiger partial charge in [-0.15, -0.1) is 0 Å². The molecule has 18 heavy (non-hydrogen) atoms. The highest BCUT2D eigenvalue weighted by Crippen LogP contribution is 2.24. The van der Waals surface area contributed by atoms with E-state index in [0.717, 1.165) is 31.7 Å². The van der Waals surface area contributed by atoms with E-state index < -0.39 is 0 Å². The molecule has 1 fully saturated rings. The molecule has 0 amide bonds. The van der Waals surface area contributed by atoms with Gasteiger partial charge in [0.05, 0.1) is 6.61 Å². The highest BCUT2D eigenvalue weighted by atomic mass is 16.5. The van der Waals surface area contributed by atoms with Crippen LogP contribution in [0.2, 0.25) is 0 Å². The van der Waals surface area contributed by atoms with Gasteiger partial charge in [0, 0.05) is 25.2 Å². The lowest BCUT2D eigenvalue weighted by atomic mass is 9.91. The minimum atomic E-state index is 0.319. The van der Waals surface area contributed by atoms with Crippen LogP contribution in [-0.2, 0) is 0 Å². The molecule has 5 heteroatoms. The van der Waals surface area contributed by atoms with Crippen LogP contribution >= 0.6 is 0 Å². The fourth-order valence-electron chi connectivity index (χ4n) is 2.42. The second-order valence-electron chi connectivity index (χ2n) is 4.71. The molecule has 0 spiro atoms. The standard InChI is InChI=1S/C13H22N4O/c1-3-10-8-17(6-5-11(10)14)12-7-13(18-4-2)16-9-15-12/h7,9-11H,3-6,8,14H2,1-2H3. The summed E-state index contributed by atoms with van der Waals surface area (Å²) >= 11 is 0. The number of anilines is 1. The van der Waals surface area contributed by atoms with Crippen LogP contribution in [0.1, 0.15) is 26.7 Å². The second kappa shape index (κ2) is 6.00. The Morgan fingerprint density at radius 3 is 3.00 bits per heavy atom. The third-order valence-corrected chi connectivity index (χ3v) is 3.56. The molecule has 2 atom stereocenters. The second-order valence-corrected chi connectivity index (χ2v) is 4.71. The topological polar surface area (TPSA) is 64.3 Å². The van der Waals surface area contributed by atoms with E-state index in [-0.39, 0.29) is 0 Å².